The van der Waals surface area contributed by atoms with E-state index in [-0.39, 0.29) is 0 Å². The molecule has 0 fully saturated rings. The maximum absolute atomic E-state index is 12.9. The predicted molar refractivity (Wildman–Crippen MR) is 101 cm³/mol. The highest BCUT2D eigenvalue weighted by Gasteiger charge is 2.25. The minimum atomic E-state index is -2.35. The summed E-state index contributed by atoms with van der Waals surface area (Å²) in [5, 5.41) is 18.6. The number of nitrogens with zero attached hydrogens (tertiary/aromatic N) is 2. The van der Waals surface area contributed by atoms with Gasteiger partial charge in [0.2, 0.25) is 0 Å². The molecule has 0 atom stereocenters. The highest BCUT2D eigenvalue weighted by atomic mass is 31.2. The summed E-state index contributed by atoms with van der Waals surface area (Å²) in [6.45, 7) is 7.67. The molecule has 130 valence electrons. The van der Waals surface area contributed by atoms with E-state index in [0.29, 0.717) is 48.1 Å². The Kier molecular flexibility index (Phi) is 7.48. The van der Waals surface area contributed by atoms with E-state index in [0.717, 1.165) is 11.1 Å². The van der Waals surface area contributed by atoms with Crippen LogP contribution in [-0.2, 0) is 21.5 Å². The molecule has 1 rings (SSSR count). The Balaban J connectivity index is 3.49. The normalized spacial score (nSPS) is 11.8. The fourth-order valence-electron chi connectivity index (χ4n) is 2.68. The first-order valence-electron chi connectivity index (χ1n) is 8.40. The van der Waals surface area contributed by atoms with Crippen LogP contribution in [0.2, 0.25) is 0 Å². The molecule has 6 heteroatoms. The third kappa shape index (κ3) is 4.83. The van der Waals surface area contributed by atoms with Crippen molar-refractivity contribution in [3.63, 3.8) is 0 Å². The standard InChI is InChI=1S/C18H26N2O2P2/c1-5-23(21,6-2)13-17-9-15(11-19)16(12-20)10-18(17)14-24(22,7-3)8-4/h9-10H,5-8,13-14H2,1-4H3. The Labute approximate surface area is 145 Å². The molecule has 0 aromatic heterocycles. The van der Waals surface area contributed by atoms with Crippen LogP contribution in [0.4, 0.5) is 0 Å². The lowest BCUT2D eigenvalue weighted by Crippen LogP contribution is -2.04. The average Bonchev–Trinajstić information content (AvgIpc) is 2.62. The lowest BCUT2D eigenvalue weighted by Gasteiger charge is -2.21. The number of rotatable bonds is 8. The second-order valence-electron chi connectivity index (χ2n) is 6.09. The van der Waals surface area contributed by atoms with Gasteiger partial charge in [0.15, 0.2) is 0 Å². The van der Waals surface area contributed by atoms with Crippen LogP contribution in [0.15, 0.2) is 12.1 Å². The van der Waals surface area contributed by atoms with E-state index in [4.69, 9.17) is 0 Å². The smallest absolute Gasteiger partial charge is 0.101 e. The van der Waals surface area contributed by atoms with Gasteiger partial charge in [0, 0.05) is 12.3 Å². The van der Waals surface area contributed by atoms with Gasteiger partial charge in [0.1, 0.15) is 12.1 Å². The SMILES string of the molecule is CCP(=O)(CC)Cc1cc(C#N)c(C#N)cc1CP(=O)(CC)CC. The third-order valence-electron chi connectivity index (χ3n) is 4.80. The van der Waals surface area contributed by atoms with Crippen LogP contribution in [0, 0.1) is 22.7 Å². The molecule has 0 aliphatic rings. The van der Waals surface area contributed by atoms with Crippen molar-refractivity contribution in [3.05, 3.63) is 34.4 Å². The molecule has 0 aliphatic heterocycles. The maximum atomic E-state index is 12.9. The van der Waals surface area contributed by atoms with E-state index >= 15 is 0 Å². The zero-order valence-electron chi connectivity index (χ0n) is 15.0. The van der Waals surface area contributed by atoms with E-state index in [1.54, 1.807) is 12.1 Å². The molecule has 0 bridgehead atoms. The monoisotopic (exact) mass is 364 g/mol. The first-order chi connectivity index (χ1) is 11.3. The maximum Gasteiger partial charge on any atom is 0.101 e. The predicted octanol–water partition coefficient (Wildman–Crippen LogP) is 5.24. The van der Waals surface area contributed by atoms with Crippen molar-refractivity contribution in [3.8, 4) is 12.1 Å². The van der Waals surface area contributed by atoms with Crippen LogP contribution in [0.3, 0.4) is 0 Å². The van der Waals surface area contributed by atoms with Gasteiger partial charge in [-0.25, -0.2) is 0 Å². The summed E-state index contributed by atoms with van der Waals surface area (Å²) in [4.78, 5) is 0. The molecule has 0 aliphatic carbocycles. The van der Waals surface area contributed by atoms with Crippen molar-refractivity contribution >= 4 is 14.3 Å². The van der Waals surface area contributed by atoms with Gasteiger partial charge in [-0.1, -0.05) is 27.7 Å². The van der Waals surface area contributed by atoms with E-state index in [1.807, 2.05) is 39.8 Å². The van der Waals surface area contributed by atoms with Crippen molar-refractivity contribution in [1.82, 2.24) is 0 Å². The van der Waals surface area contributed by atoms with Crippen LogP contribution >= 0.6 is 14.3 Å². The molecule has 1 aromatic rings. The van der Waals surface area contributed by atoms with Gasteiger partial charge in [-0.2, -0.15) is 10.5 Å². The second-order valence-corrected chi connectivity index (χ2v) is 13.5. The summed E-state index contributed by atoms with van der Waals surface area (Å²) in [5.74, 6) is 0. The van der Waals surface area contributed by atoms with Gasteiger partial charge in [0.05, 0.1) is 25.4 Å². The van der Waals surface area contributed by atoms with Gasteiger partial charge in [-0.3, -0.25) is 0 Å². The van der Waals surface area contributed by atoms with Crippen molar-refractivity contribution in [1.29, 1.82) is 10.5 Å². The fourth-order valence-corrected chi connectivity index (χ4v) is 6.30. The lowest BCUT2D eigenvalue weighted by molar-refractivity contribution is 0.573. The number of hydrogen-bond acceptors (Lipinski definition) is 4. The van der Waals surface area contributed by atoms with Crippen LogP contribution in [-0.4, -0.2) is 24.6 Å². The molecule has 0 amide bonds. The molecule has 0 radical (unpaired) electrons. The Morgan fingerprint density at radius 1 is 0.750 bits per heavy atom. The molecule has 4 nitrogen and oxygen atoms in total. The Morgan fingerprint density at radius 2 is 1.04 bits per heavy atom. The Bertz CT molecular complexity index is 691. The first-order valence-corrected chi connectivity index (χ1v) is 12.9. The number of benzene rings is 1. The summed E-state index contributed by atoms with van der Waals surface area (Å²) in [6.07, 6.45) is 3.22. The summed E-state index contributed by atoms with van der Waals surface area (Å²) in [7, 11) is -4.70. The summed E-state index contributed by atoms with van der Waals surface area (Å²) >= 11 is 0. The fraction of sp³-hybridized carbons (Fsp3) is 0.556. The summed E-state index contributed by atoms with van der Waals surface area (Å²) in [6, 6.07) is 7.46. The van der Waals surface area contributed by atoms with Gasteiger partial charge in [-0.05, 0) is 47.9 Å². The van der Waals surface area contributed by atoms with Gasteiger partial charge in [0.25, 0.3) is 0 Å². The molecule has 0 N–H and O–H groups in total. The van der Waals surface area contributed by atoms with Crippen molar-refractivity contribution < 1.29 is 9.13 Å². The average molecular weight is 364 g/mol. The van der Waals surface area contributed by atoms with E-state index < -0.39 is 14.3 Å². The third-order valence-corrected chi connectivity index (χ3v) is 11.2. The van der Waals surface area contributed by atoms with Gasteiger partial charge < -0.3 is 9.13 Å². The molecule has 0 unspecified atom stereocenters. The summed E-state index contributed by atoms with van der Waals surface area (Å²) < 4.78 is 25.8. The summed E-state index contributed by atoms with van der Waals surface area (Å²) in [5.41, 5.74) is 2.25. The van der Waals surface area contributed by atoms with E-state index in [1.165, 1.54) is 0 Å². The zero-order valence-corrected chi connectivity index (χ0v) is 16.8. The molecule has 0 spiro atoms. The Morgan fingerprint density at radius 3 is 1.25 bits per heavy atom. The number of nitriles is 2. The van der Waals surface area contributed by atoms with E-state index in [9.17, 15) is 19.7 Å². The molecular formula is C18H26N2O2P2. The first kappa shape index (κ1) is 20.7. The largest absolute Gasteiger partial charge is 0.323 e. The van der Waals surface area contributed by atoms with Gasteiger partial charge >= 0.3 is 0 Å². The van der Waals surface area contributed by atoms with Crippen LogP contribution in [0.1, 0.15) is 49.9 Å². The molecule has 0 saturated heterocycles. The van der Waals surface area contributed by atoms with Crippen LogP contribution < -0.4 is 0 Å². The zero-order chi connectivity index (χ0) is 18.4. The van der Waals surface area contributed by atoms with Crippen LogP contribution in [0.5, 0.6) is 0 Å². The van der Waals surface area contributed by atoms with Crippen molar-refractivity contribution in [2.24, 2.45) is 0 Å². The van der Waals surface area contributed by atoms with Gasteiger partial charge in [-0.15, -0.1) is 0 Å². The molecule has 24 heavy (non-hydrogen) atoms. The second kappa shape index (κ2) is 8.67. The lowest BCUT2D eigenvalue weighted by atomic mass is 10.0. The molecule has 0 saturated carbocycles. The Hall–Kier alpha value is -1.34. The molecule has 1 aromatic carbocycles. The van der Waals surface area contributed by atoms with Crippen molar-refractivity contribution in [2.45, 2.75) is 40.0 Å². The minimum absolute atomic E-state index is 0.304. The minimum Gasteiger partial charge on any atom is -0.323 e. The number of hydrogen-bond donors (Lipinski definition) is 0. The quantitative estimate of drug-likeness (QED) is 0.591. The highest BCUT2D eigenvalue weighted by Crippen LogP contribution is 2.52. The van der Waals surface area contributed by atoms with E-state index in [2.05, 4.69) is 0 Å². The topological polar surface area (TPSA) is 81.7 Å². The van der Waals surface area contributed by atoms with Crippen molar-refractivity contribution in [2.75, 3.05) is 24.6 Å². The van der Waals surface area contributed by atoms with Crippen LogP contribution in [0.25, 0.3) is 0 Å². The molecular weight excluding hydrogens is 338 g/mol. The highest BCUT2D eigenvalue weighted by molar-refractivity contribution is 7.63. The molecule has 0 heterocycles.